The summed E-state index contributed by atoms with van der Waals surface area (Å²) in [6.07, 6.45) is 3.19. The minimum Gasteiger partial charge on any atom is -0.387 e. The highest BCUT2D eigenvalue weighted by Crippen LogP contribution is 2.33. The van der Waals surface area contributed by atoms with Crippen molar-refractivity contribution in [3.8, 4) is 0 Å². The van der Waals surface area contributed by atoms with E-state index in [1.54, 1.807) is 23.2 Å². The molecule has 1 saturated heterocycles. The molecule has 0 saturated carbocycles. The first-order chi connectivity index (χ1) is 15.9. The van der Waals surface area contributed by atoms with Crippen LogP contribution in [0.3, 0.4) is 0 Å². The van der Waals surface area contributed by atoms with Crippen LogP contribution in [-0.2, 0) is 4.79 Å². The summed E-state index contributed by atoms with van der Waals surface area (Å²) in [5.74, 6) is 0.0981. The fraction of sp³-hybridized carbons (Fsp3) is 0.250. The molecular formula is C24H24N4O3S2. The van der Waals surface area contributed by atoms with Crippen LogP contribution in [0.25, 0.3) is 11.7 Å². The fourth-order valence-electron chi connectivity index (χ4n) is 3.61. The van der Waals surface area contributed by atoms with Gasteiger partial charge < -0.3 is 10.4 Å². The van der Waals surface area contributed by atoms with E-state index in [4.69, 9.17) is 12.2 Å². The number of hydrogen-bond donors (Lipinski definition) is 2. The van der Waals surface area contributed by atoms with E-state index in [2.05, 4.69) is 10.3 Å². The first-order valence-corrected chi connectivity index (χ1v) is 11.9. The van der Waals surface area contributed by atoms with Gasteiger partial charge in [-0.2, -0.15) is 0 Å². The van der Waals surface area contributed by atoms with Crippen molar-refractivity contribution in [2.75, 3.05) is 18.4 Å². The van der Waals surface area contributed by atoms with Gasteiger partial charge in [-0.25, -0.2) is 4.98 Å². The Morgan fingerprint density at radius 2 is 1.97 bits per heavy atom. The van der Waals surface area contributed by atoms with E-state index >= 15 is 0 Å². The summed E-state index contributed by atoms with van der Waals surface area (Å²) in [4.78, 5) is 32.9. The molecule has 170 valence electrons. The van der Waals surface area contributed by atoms with Crippen molar-refractivity contribution in [2.24, 2.45) is 0 Å². The van der Waals surface area contributed by atoms with Gasteiger partial charge in [0.05, 0.1) is 16.6 Å². The maximum atomic E-state index is 13.4. The van der Waals surface area contributed by atoms with Crippen LogP contribution in [0.1, 0.15) is 36.1 Å². The Morgan fingerprint density at radius 3 is 2.70 bits per heavy atom. The van der Waals surface area contributed by atoms with Gasteiger partial charge in [0.1, 0.15) is 15.8 Å². The molecule has 0 aliphatic carbocycles. The van der Waals surface area contributed by atoms with E-state index in [1.165, 1.54) is 16.2 Å². The third-order valence-electron chi connectivity index (χ3n) is 5.33. The highest BCUT2D eigenvalue weighted by atomic mass is 32.2. The Labute approximate surface area is 201 Å². The summed E-state index contributed by atoms with van der Waals surface area (Å²) in [7, 11) is 0. The van der Waals surface area contributed by atoms with Gasteiger partial charge in [-0.05, 0) is 36.6 Å². The number of carbonyl (C=O) groups is 1. The number of thioether (sulfide) groups is 1. The third-order valence-corrected chi connectivity index (χ3v) is 6.71. The number of nitrogens with zero attached hydrogens (tertiary/aromatic N) is 3. The highest BCUT2D eigenvalue weighted by Gasteiger charge is 2.32. The van der Waals surface area contributed by atoms with Gasteiger partial charge in [0.25, 0.3) is 11.5 Å². The number of anilines is 1. The molecule has 33 heavy (non-hydrogen) atoms. The zero-order valence-electron chi connectivity index (χ0n) is 18.3. The maximum Gasteiger partial charge on any atom is 0.267 e. The molecule has 1 fully saturated rings. The molecule has 0 unspecified atom stereocenters. The number of aliphatic hydroxyl groups excluding tert-OH is 1. The molecular weight excluding hydrogens is 456 g/mol. The number of benzene rings is 1. The molecule has 1 aliphatic heterocycles. The Hall–Kier alpha value is -3.01. The molecule has 1 amide bonds. The molecule has 1 atom stereocenters. The number of hydrogen-bond acceptors (Lipinski definition) is 7. The summed E-state index contributed by atoms with van der Waals surface area (Å²) >= 11 is 6.53. The molecule has 7 nitrogen and oxygen atoms in total. The van der Waals surface area contributed by atoms with Crippen molar-refractivity contribution >= 4 is 51.7 Å². The molecule has 1 aromatic carbocycles. The Bertz CT molecular complexity index is 1300. The van der Waals surface area contributed by atoms with E-state index in [0.717, 1.165) is 17.5 Å². The number of aromatic nitrogens is 2. The fourth-order valence-corrected chi connectivity index (χ4v) is 4.90. The number of amides is 1. The standard InChI is InChI=1S/C24H24N4O3S2/c1-3-11-28-23(31)19(33-24(28)32)13-17-20(25-14-18(29)16-9-5-4-6-10-16)26-21-15(2)8-7-12-27(21)22(17)30/h4-10,12-13,18,25,29H,3,11,14H2,1-2H3/b19-13-/t18-/m1/s1. The molecule has 2 aromatic heterocycles. The summed E-state index contributed by atoms with van der Waals surface area (Å²) < 4.78 is 1.94. The average molecular weight is 481 g/mol. The number of aliphatic hydroxyl groups is 1. The van der Waals surface area contributed by atoms with Crippen molar-refractivity contribution in [3.05, 3.63) is 80.6 Å². The van der Waals surface area contributed by atoms with Crippen molar-refractivity contribution in [1.82, 2.24) is 14.3 Å². The average Bonchev–Trinajstić information content (AvgIpc) is 3.08. The van der Waals surface area contributed by atoms with Crippen LogP contribution >= 0.6 is 24.0 Å². The Morgan fingerprint density at radius 1 is 1.21 bits per heavy atom. The predicted molar refractivity (Wildman–Crippen MR) is 136 cm³/mol. The second kappa shape index (κ2) is 9.86. The molecule has 9 heteroatoms. The third kappa shape index (κ3) is 4.71. The first kappa shape index (κ1) is 23.2. The minimum absolute atomic E-state index is 0.149. The van der Waals surface area contributed by atoms with Crippen LogP contribution in [0.15, 0.2) is 58.4 Å². The van der Waals surface area contributed by atoms with Gasteiger partial charge in [-0.15, -0.1) is 0 Å². The number of pyridine rings is 1. The Balaban J connectivity index is 1.76. The quantitative estimate of drug-likeness (QED) is 0.393. The summed E-state index contributed by atoms with van der Waals surface area (Å²) in [6, 6.07) is 12.9. The molecule has 1 aliphatic rings. The largest absolute Gasteiger partial charge is 0.387 e. The van der Waals surface area contributed by atoms with Crippen molar-refractivity contribution in [3.63, 3.8) is 0 Å². The van der Waals surface area contributed by atoms with Crippen molar-refractivity contribution in [1.29, 1.82) is 0 Å². The van der Waals surface area contributed by atoms with Crippen LogP contribution in [0.2, 0.25) is 0 Å². The minimum atomic E-state index is -0.793. The van der Waals surface area contributed by atoms with Crippen LogP contribution < -0.4 is 10.9 Å². The molecule has 0 bridgehead atoms. The number of nitrogens with one attached hydrogen (secondary N) is 1. The van der Waals surface area contributed by atoms with Crippen LogP contribution in [0.4, 0.5) is 5.82 Å². The van der Waals surface area contributed by atoms with Gasteiger partial charge >= 0.3 is 0 Å². The van der Waals surface area contributed by atoms with E-state index in [-0.39, 0.29) is 23.6 Å². The van der Waals surface area contributed by atoms with Gasteiger partial charge in [-0.1, -0.05) is 67.3 Å². The van der Waals surface area contributed by atoms with Gasteiger partial charge in [-0.3, -0.25) is 18.9 Å². The monoisotopic (exact) mass is 480 g/mol. The number of aryl methyl sites for hydroxylation is 1. The lowest BCUT2D eigenvalue weighted by Crippen LogP contribution is -2.28. The van der Waals surface area contributed by atoms with E-state index in [1.807, 2.05) is 50.2 Å². The number of carbonyl (C=O) groups excluding carboxylic acids is 1. The van der Waals surface area contributed by atoms with E-state index < -0.39 is 6.10 Å². The van der Waals surface area contributed by atoms with Crippen LogP contribution in [-0.4, -0.2) is 42.7 Å². The number of rotatable bonds is 7. The van der Waals surface area contributed by atoms with E-state index in [9.17, 15) is 14.7 Å². The number of thiocarbonyl (C=S) groups is 1. The summed E-state index contributed by atoms with van der Waals surface area (Å²) in [5, 5.41) is 13.7. The number of fused-ring (bicyclic) bond motifs is 1. The topological polar surface area (TPSA) is 86.9 Å². The predicted octanol–water partition coefficient (Wildman–Crippen LogP) is 3.76. The van der Waals surface area contributed by atoms with Crippen LogP contribution in [0, 0.1) is 6.92 Å². The second-order valence-electron chi connectivity index (χ2n) is 7.70. The molecule has 0 radical (unpaired) electrons. The van der Waals surface area contributed by atoms with Gasteiger partial charge in [0, 0.05) is 19.3 Å². The second-order valence-corrected chi connectivity index (χ2v) is 9.38. The van der Waals surface area contributed by atoms with Gasteiger partial charge in [0.15, 0.2) is 0 Å². The summed E-state index contributed by atoms with van der Waals surface area (Å²) in [6.45, 7) is 4.53. The van der Waals surface area contributed by atoms with E-state index in [0.29, 0.717) is 27.2 Å². The lowest BCUT2D eigenvalue weighted by atomic mass is 10.1. The first-order valence-electron chi connectivity index (χ1n) is 10.6. The van der Waals surface area contributed by atoms with Gasteiger partial charge in [0.2, 0.25) is 0 Å². The zero-order valence-corrected chi connectivity index (χ0v) is 19.9. The summed E-state index contributed by atoms with van der Waals surface area (Å²) in [5.41, 5.74) is 2.04. The lowest BCUT2D eigenvalue weighted by Gasteiger charge is -2.15. The molecule has 2 N–H and O–H groups in total. The van der Waals surface area contributed by atoms with Crippen LogP contribution in [0.5, 0.6) is 0 Å². The molecule has 3 heterocycles. The molecule has 0 spiro atoms. The lowest BCUT2D eigenvalue weighted by molar-refractivity contribution is -0.122. The SMILES string of the molecule is CCCN1C(=O)/C(=C/c2c(NC[C@@H](O)c3ccccc3)nc3c(C)cccn3c2=O)SC1=S. The smallest absolute Gasteiger partial charge is 0.267 e. The maximum absolute atomic E-state index is 13.4. The Kier molecular flexibility index (Phi) is 6.92. The zero-order chi connectivity index (χ0) is 23.5. The van der Waals surface area contributed by atoms with Crippen molar-refractivity contribution in [2.45, 2.75) is 26.4 Å². The molecule has 4 rings (SSSR count). The molecule has 3 aromatic rings. The van der Waals surface area contributed by atoms with Crippen molar-refractivity contribution < 1.29 is 9.90 Å². The highest BCUT2D eigenvalue weighted by molar-refractivity contribution is 8.26. The normalized spacial score (nSPS) is 16.1.